The summed E-state index contributed by atoms with van der Waals surface area (Å²) in [4.78, 5) is 13.6. The van der Waals surface area contributed by atoms with Gasteiger partial charge in [-0.2, -0.15) is 0 Å². The van der Waals surface area contributed by atoms with Crippen molar-refractivity contribution in [2.75, 3.05) is 0 Å². The summed E-state index contributed by atoms with van der Waals surface area (Å²) in [6.45, 7) is 5.31. The van der Waals surface area contributed by atoms with Gasteiger partial charge in [0.15, 0.2) is 0 Å². The van der Waals surface area contributed by atoms with E-state index >= 15 is 0 Å². The number of terminal acetylenes is 1. The van der Waals surface area contributed by atoms with Gasteiger partial charge in [0, 0.05) is 17.9 Å². The molecule has 1 aliphatic heterocycles. The Balaban J connectivity index is 2.13. The van der Waals surface area contributed by atoms with Gasteiger partial charge in [-0.1, -0.05) is 5.92 Å². The number of nitrogens with zero attached hydrogens (tertiary/aromatic N) is 1. The summed E-state index contributed by atoms with van der Waals surface area (Å²) in [6, 6.07) is -0.771. The number of piperidine rings is 1. The van der Waals surface area contributed by atoms with Crippen molar-refractivity contribution < 1.29 is 18.3 Å². The molecule has 0 N–H and O–H groups in total. The Bertz CT molecular complexity index is 411. The Hall–Kier alpha value is -1.31. The van der Waals surface area contributed by atoms with E-state index in [9.17, 15) is 13.6 Å². The molecule has 0 aromatic carbocycles. The van der Waals surface area contributed by atoms with Crippen molar-refractivity contribution in [2.24, 2.45) is 11.8 Å². The van der Waals surface area contributed by atoms with Crippen molar-refractivity contribution in [2.45, 2.75) is 57.7 Å². The van der Waals surface area contributed by atoms with Crippen LogP contribution in [0.4, 0.5) is 13.6 Å². The van der Waals surface area contributed by atoms with Crippen LogP contribution in [0.2, 0.25) is 0 Å². The maximum absolute atomic E-state index is 12.9. The fraction of sp³-hybridized carbons (Fsp3) is 0.786. The van der Waals surface area contributed by atoms with Gasteiger partial charge < -0.3 is 4.74 Å². The maximum Gasteiger partial charge on any atom is 0.411 e. The molecule has 0 unspecified atom stereocenters. The average molecular weight is 271 g/mol. The van der Waals surface area contributed by atoms with Crippen LogP contribution in [-0.4, -0.2) is 35.1 Å². The Morgan fingerprint density at radius 3 is 2.53 bits per heavy atom. The van der Waals surface area contributed by atoms with E-state index in [1.165, 1.54) is 4.90 Å². The molecule has 0 aromatic heterocycles. The summed E-state index contributed by atoms with van der Waals surface area (Å²) < 4.78 is 31.1. The van der Waals surface area contributed by atoms with E-state index < -0.39 is 30.1 Å². The van der Waals surface area contributed by atoms with Crippen LogP contribution in [0.25, 0.3) is 0 Å². The second-order valence-electron chi connectivity index (χ2n) is 6.29. The molecule has 2 bridgehead atoms. The second-order valence-corrected chi connectivity index (χ2v) is 6.29. The standard InChI is InChI=1S/C14H19F2NO2/c1-5-11-9-6-8(7-10(9)12(15)16)17(11)13(18)19-14(2,3)4/h1,8-12H,6-7H2,2-4H3/t8-,9+,10+,11+/m1/s1. The minimum atomic E-state index is -2.37. The zero-order valence-electron chi connectivity index (χ0n) is 11.4. The number of rotatable bonds is 1. The molecular weight excluding hydrogens is 252 g/mol. The monoisotopic (exact) mass is 271 g/mol. The molecule has 0 radical (unpaired) electrons. The molecule has 1 amide bonds. The summed E-state index contributed by atoms with van der Waals surface area (Å²) in [6.07, 6.45) is 3.45. The molecule has 1 heterocycles. The highest BCUT2D eigenvalue weighted by Crippen LogP contribution is 2.48. The first kappa shape index (κ1) is 14.1. The number of likely N-dealkylation sites (tertiary alicyclic amines) is 1. The predicted octanol–water partition coefficient (Wildman–Crippen LogP) is 2.90. The lowest BCUT2D eigenvalue weighted by Gasteiger charge is -2.36. The van der Waals surface area contributed by atoms with Gasteiger partial charge in [0.2, 0.25) is 6.43 Å². The zero-order chi connectivity index (χ0) is 14.4. The minimum Gasteiger partial charge on any atom is -0.444 e. The summed E-state index contributed by atoms with van der Waals surface area (Å²) in [7, 11) is 0. The lowest BCUT2D eigenvalue weighted by Crippen LogP contribution is -2.49. The van der Waals surface area contributed by atoms with Crippen LogP contribution < -0.4 is 0 Å². The molecule has 1 saturated heterocycles. The van der Waals surface area contributed by atoms with Crippen molar-refractivity contribution in [3.05, 3.63) is 0 Å². The highest BCUT2D eigenvalue weighted by Gasteiger charge is 2.55. The Labute approximate surface area is 112 Å². The number of halogens is 2. The van der Waals surface area contributed by atoms with E-state index in [2.05, 4.69) is 5.92 Å². The maximum atomic E-state index is 12.9. The molecule has 1 saturated carbocycles. The summed E-state index contributed by atoms with van der Waals surface area (Å²) in [5.74, 6) is 1.50. The van der Waals surface area contributed by atoms with Gasteiger partial charge in [0.1, 0.15) is 5.60 Å². The molecule has 1 aliphatic carbocycles. The fourth-order valence-corrected chi connectivity index (χ4v) is 3.17. The van der Waals surface area contributed by atoms with Crippen molar-refractivity contribution in [3.8, 4) is 12.3 Å². The third kappa shape index (κ3) is 2.54. The predicted molar refractivity (Wildman–Crippen MR) is 66.7 cm³/mol. The van der Waals surface area contributed by atoms with Crippen molar-refractivity contribution in [1.29, 1.82) is 0 Å². The molecular formula is C14H19F2NO2. The van der Waals surface area contributed by atoms with E-state index in [4.69, 9.17) is 11.2 Å². The third-order valence-electron chi connectivity index (χ3n) is 3.84. The highest BCUT2D eigenvalue weighted by molar-refractivity contribution is 5.70. The Morgan fingerprint density at radius 1 is 1.42 bits per heavy atom. The minimum absolute atomic E-state index is 0.208. The number of hydrogen-bond acceptors (Lipinski definition) is 2. The average Bonchev–Trinajstić information content (AvgIpc) is 2.82. The molecule has 0 aromatic rings. The first-order valence-electron chi connectivity index (χ1n) is 6.50. The number of carbonyl (C=O) groups excluding carboxylic acids is 1. The summed E-state index contributed by atoms with van der Waals surface area (Å²) in [5.41, 5.74) is -0.611. The smallest absolute Gasteiger partial charge is 0.411 e. The van der Waals surface area contributed by atoms with Gasteiger partial charge in [-0.3, -0.25) is 4.90 Å². The first-order valence-corrected chi connectivity index (χ1v) is 6.50. The van der Waals surface area contributed by atoms with Crippen LogP contribution in [0.5, 0.6) is 0 Å². The van der Waals surface area contributed by atoms with Crippen molar-refractivity contribution in [3.63, 3.8) is 0 Å². The molecule has 19 heavy (non-hydrogen) atoms. The van der Waals surface area contributed by atoms with Gasteiger partial charge in [0.05, 0.1) is 6.04 Å². The van der Waals surface area contributed by atoms with Gasteiger partial charge >= 0.3 is 6.09 Å². The first-order chi connectivity index (χ1) is 8.74. The second kappa shape index (κ2) is 4.66. The van der Waals surface area contributed by atoms with Crippen LogP contribution in [0.3, 0.4) is 0 Å². The number of amides is 1. The normalized spacial score (nSPS) is 33.6. The lowest BCUT2D eigenvalue weighted by atomic mass is 9.88. The molecule has 2 fully saturated rings. The van der Waals surface area contributed by atoms with Crippen LogP contribution in [-0.2, 0) is 4.74 Å². The molecule has 106 valence electrons. The Kier molecular flexibility index (Phi) is 3.46. The molecule has 3 nitrogen and oxygen atoms in total. The molecule has 4 atom stereocenters. The zero-order valence-corrected chi connectivity index (χ0v) is 11.4. The number of ether oxygens (including phenoxy) is 1. The number of alkyl halides is 2. The van der Waals surface area contributed by atoms with Gasteiger partial charge in [-0.05, 0) is 33.6 Å². The van der Waals surface area contributed by atoms with Gasteiger partial charge in [-0.25, -0.2) is 13.6 Å². The summed E-state index contributed by atoms with van der Waals surface area (Å²) >= 11 is 0. The topological polar surface area (TPSA) is 29.5 Å². The molecule has 2 rings (SSSR count). The van der Waals surface area contributed by atoms with E-state index in [0.29, 0.717) is 12.8 Å². The molecule has 0 spiro atoms. The number of hydrogen-bond donors (Lipinski definition) is 0. The van der Waals surface area contributed by atoms with Crippen LogP contribution in [0.15, 0.2) is 0 Å². The van der Waals surface area contributed by atoms with Crippen LogP contribution in [0, 0.1) is 24.2 Å². The third-order valence-corrected chi connectivity index (χ3v) is 3.84. The number of fused-ring (bicyclic) bond motifs is 2. The van der Waals surface area contributed by atoms with Crippen LogP contribution in [0.1, 0.15) is 33.6 Å². The quantitative estimate of drug-likeness (QED) is 0.686. The van der Waals surface area contributed by atoms with E-state index in [1.54, 1.807) is 20.8 Å². The van der Waals surface area contributed by atoms with Gasteiger partial charge in [-0.15, -0.1) is 6.42 Å². The fourth-order valence-electron chi connectivity index (χ4n) is 3.17. The largest absolute Gasteiger partial charge is 0.444 e. The van der Waals surface area contributed by atoms with E-state index in [1.807, 2.05) is 0 Å². The van der Waals surface area contributed by atoms with Gasteiger partial charge in [0.25, 0.3) is 0 Å². The van der Waals surface area contributed by atoms with Crippen LogP contribution >= 0.6 is 0 Å². The highest BCUT2D eigenvalue weighted by atomic mass is 19.3. The van der Waals surface area contributed by atoms with Crippen molar-refractivity contribution in [1.82, 2.24) is 4.90 Å². The molecule has 5 heteroatoms. The Morgan fingerprint density at radius 2 is 2.05 bits per heavy atom. The number of carbonyl (C=O) groups is 1. The van der Waals surface area contributed by atoms with E-state index in [-0.39, 0.29) is 12.0 Å². The van der Waals surface area contributed by atoms with E-state index in [0.717, 1.165) is 0 Å². The molecule has 2 aliphatic rings. The summed E-state index contributed by atoms with van der Waals surface area (Å²) in [5, 5.41) is 0. The SMILES string of the molecule is C#C[C@H]1[C@H]2C[C@H](C[C@@H]2C(F)F)N1C(=O)OC(C)(C)C. The van der Waals surface area contributed by atoms with Crippen molar-refractivity contribution >= 4 is 6.09 Å². The lowest BCUT2D eigenvalue weighted by molar-refractivity contribution is -0.0111.